The van der Waals surface area contributed by atoms with Crippen LogP contribution >= 0.6 is 0 Å². The molecule has 1 aromatic heterocycles. The number of aryl methyl sites for hydroxylation is 1. The Morgan fingerprint density at radius 3 is 2.24 bits per heavy atom. The zero-order valence-corrected chi connectivity index (χ0v) is 25.0. The molecule has 1 aliphatic rings. The molecule has 0 unspecified atom stereocenters. The Balaban J connectivity index is 1.19. The molecule has 0 radical (unpaired) electrons. The van der Waals surface area contributed by atoms with Crippen LogP contribution in [0.1, 0.15) is 36.8 Å². The Kier molecular flexibility index (Phi) is 9.22. The summed E-state index contributed by atoms with van der Waals surface area (Å²) in [6, 6.07) is 27.9. The van der Waals surface area contributed by atoms with Crippen LogP contribution in [0.15, 0.2) is 89.8 Å². The van der Waals surface area contributed by atoms with Crippen LogP contribution in [-0.2, 0) is 16.4 Å². The minimum absolute atomic E-state index is 0.259. The van der Waals surface area contributed by atoms with Gasteiger partial charge in [0.15, 0.2) is 0 Å². The molecule has 0 aliphatic heterocycles. The van der Waals surface area contributed by atoms with Gasteiger partial charge in [-0.1, -0.05) is 66.2 Å². The van der Waals surface area contributed by atoms with Gasteiger partial charge in [0.2, 0.25) is 10.0 Å². The molecule has 5 rings (SSSR count). The maximum Gasteiger partial charge on any atom is 0.240 e. The molecular formula is C33H41N5O2S. The van der Waals surface area contributed by atoms with Crippen molar-refractivity contribution >= 4 is 32.4 Å². The number of benzene rings is 3. The summed E-state index contributed by atoms with van der Waals surface area (Å²) >= 11 is 0. The van der Waals surface area contributed by atoms with Crippen LogP contribution in [0.2, 0.25) is 0 Å². The highest BCUT2D eigenvalue weighted by atomic mass is 32.2. The summed E-state index contributed by atoms with van der Waals surface area (Å²) < 4.78 is 29.4. The molecule has 1 atom stereocenters. The van der Waals surface area contributed by atoms with Gasteiger partial charge in [-0.25, -0.2) is 18.1 Å². The van der Waals surface area contributed by atoms with Gasteiger partial charge in [0.25, 0.3) is 0 Å². The number of hydrogen-bond donors (Lipinski definition) is 3. The average Bonchev–Trinajstić information content (AvgIpc) is 2.97. The number of fused-ring (bicyclic) bond motifs is 1. The van der Waals surface area contributed by atoms with Crippen molar-refractivity contribution in [2.75, 3.05) is 30.9 Å². The van der Waals surface area contributed by atoms with Crippen LogP contribution in [0, 0.1) is 6.92 Å². The van der Waals surface area contributed by atoms with E-state index in [1.54, 1.807) is 12.1 Å². The second kappa shape index (κ2) is 13.0. The largest absolute Gasteiger partial charge is 0.377 e. The predicted octanol–water partition coefficient (Wildman–Crippen LogP) is 5.51. The maximum absolute atomic E-state index is 13.2. The summed E-state index contributed by atoms with van der Waals surface area (Å²) in [6.07, 6.45) is 4.73. The molecule has 3 N–H and O–H groups in total. The number of nitrogens with one attached hydrogen (secondary N) is 3. The smallest absolute Gasteiger partial charge is 0.240 e. The lowest BCUT2D eigenvalue weighted by molar-refractivity contribution is 0.342. The lowest BCUT2D eigenvalue weighted by Crippen LogP contribution is -2.47. The Bertz CT molecular complexity index is 1530. The average molecular weight is 572 g/mol. The maximum atomic E-state index is 13.2. The molecule has 7 nitrogen and oxygen atoms in total. The van der Waals surface area contributed by atoms with Crippen LogP contribution in [0.4, 0.5) is 11.5 Å². The quantitative estimate of drug-likeness (QED) is 0.220. The summed E-state index contributed by atoms with van der Waals surface area (Å²) in [5.74, 6) is 0.914. The minimum atomic E-state index is -3.63. The summed E-state index contributed by atoms with van der Waals surface area (Å²) in [6.45, 7) is 2.52. The fourth-order valence-corrected chi connectivity index (χ4v) is 6.86. The van der Waals surface area contributed by atoms with Gasteiger partial charge in [0.1, 0.15) is 5.82 Å². The van der Waals surface area contributed by atoms with Crippen molar-refractivity contribution in [1.82, 2.24) is 15.0 Å². The van der Waals surface area contributed by atoms with Crippen molar-refractivity contribution in [1.29, 1.82) is 0 Å². The van der Waals surface area contributed by atoms with Crippen molar-refractivity contribution in [2.24, 2.45) is 0 Å². The van der Waals surface area contributed by atoms with Crippen LogP contribution in [0.5, 0.6) is 0 Å². The van der Waals surface area contributed by atoms with Gasteiger partial charge in [-0.15, -0.1) is 0 Å². The van der Waals surface area contributed by atoms with E-state index >= 15 is 0 Å². The molecule has 1 aliphatic carbocycles. The molecule has 0 saturated heterocycles. The number of aromatic nitrogens is 1. The fraction of sp³-hybridized carbons (Fsp3) is 0.364. The molecule has 0 bridgehead atoms. The number of para-hydroxylation sites is 1. The van der Waals surface area contributed by atoms with Gasteiger partial charge >= 0.3 is 0 Å². The third kappa shape index (κ3) is 7.64. The van der Waals surface area contributed by atoms with E-state index in [0.29, 0.717) is 29.9 Å². The molecule has 0 spiro atoms. The van der Waals surface area contributed by atoms with E-state index < -0.39 is 10.0 Å². The first-order valence-corrected chi connectivity index (χ1v) is 15.9. The van der Waals surface area contributed by atoms with Crippen LogP contribution in [-0.4, -0.2) is 52.2 Å². The molecule has 1 saturated carbocycles. The van der Waals surface area contributed by atoms with Gasteiger partial charge in [-0.2, -0.15) is 0 Å². The third-order valence-corrected chi connectivity index (χ3v) is 9.42. The first kappa shape index (κ1) is 29.0. The highest BCUT2D eigenvalue weighted by Crippen LogP contribution is 2.29. The first-order chi connectivity index (χ1) is 19.8. The number of pyridine rings is 1. The summed E-state index contributed by atoms with van der Waals surface area (Å²) in [7, 11) is 0.499. The van der Waals surface area contributed by atoms with Crippen molar-refractivity contribution in [2.45, 2.75) is 62.0 Å². The van der Waals surface area contributed by atoms with Gasteiger partial charge in [0.05, 0.1) is 10.4 Å². The number of nitrogens with zero attached hydrogens (tertiary/aromatic N) is 2. The van der Waals surface area contributed by atoms with Crippen LogP contribution in [0.25, 0.3) is 10.9 Å². The van der Waals surface area contributed by atoms with Gasteiger partial charge in [-0.05, 0) is 62.8 Å². The lowest BCUT2D eigenvalue weighted by atomic mass is 9.91. The highest BCUT2D eigenvalue weighted by molar-refractivity contribution is 7.89. The number of anilines is 2. The van der Waals surface area contributed by atoms with E-state index in [1.807, 2.05) is 55.5 Å². The molecule has 1 heterocycles. The van der Waals surface area contributed by atoms with Crippen molar-refractivity contribution in [3.8, 4) is 0 Å². The molecule has 8 heteroatoms. The zero-order chi connectivity index (χ0) is 28.8. The highest BCUT2D eigenvalue weighted by Gasteiger charge is 2.25. The van der Waals surface area contributed by atoms with E-state index in [0.717, 1.165) is 59.2 Å². The standard InChI is InChI=1S/C33H41N5O2S/c1-24-13-19-29(20-14-24)41(39,40)37-28(21-25-9-5-4-6-10-25)23-34-26-15-17-27(18-16-26)35-33-22-32(38(2)3)30-11-7-8-12-31(30)36-33/h4-14,19-20,22,26-28,34,37H,15-18,21,23H2,1-3H3,(H,35,36)/t26-,27+,28-/m0/s1. The molecule has 0 amide bonds. The van der Waals surface area contributed by atoms with Crippen LogP contribution in [0.3, 0.4) is 0 Å². The van der Waals surface area contributed by atoms with Crippen molar-refractivity contribution in [3.05, 3.63) is 96.1 Å². The van der Waals surface area contributed by atoms with Gasteiger partial charge in [-0.3, -0.25) is 0 Å². The van der Waals surface area contributed by atoms with E-state index in [2.05, 4.69) is 58.6 Å². The Morgan fingerprint density at radius 1 is 0.878 bits per heavy atom. The molecule has 41 heavy (non-hydrogen) atoms. The summed E-state index contributed by atoms with van der Waals surface area (Å²) in [5, 5.41) is 8.51. The monoisotopic (exact) mass is 571 g/mol. The summed E-state index contributed by atoms with van der Waals surface area (Å²) in [4.78, 5) is 7.31. The van der Waals surface area contributed by atoms with Gasteiger partial charge in [0, 0.05) is 55.9 Å². The van der Waals surface area contributed by atoms with E-state index in [4.69, 9.17) is 4.98 Å². The molecule has 4 aromatic rings. The number of hydrogen-bond acceptors (Lipinski definition) is 6. The Hall–Kier alpha value is -3.46. The molecule has 216 valence electrons. The Labute approximate surface area is 244 Å². The van der Waals surface area contributed by atoms with Gasteiger partial charge < -0.3 is 15.5 Å². The van der Waals surface area contributed by atoms with E-state index in [9.17, 15) is 8.42 Å². The normalized spacial score (nSPS) is 18.2. The third-order valence-electron chi connectivity index (χ3n) is 7.89. The van der Waals surface area contributed by atoms with Crippen molar-refractivity contribution in [3.63, 3.8) is 0 Å². The van der Waals surface area contributed by atoms with Crippen molar-refractivity contribution < 1.29 is 8.42 Å². The summed E-state index contributed by atoms with van der Waals surface area (Å²) in [5.41, 5.74) is 4.30. The number of sulfonamides is 1. The van der Waals surface area contributed by atoms with E-state index in [1.165, 1.54) is 0 Å². The Morgan fingerprint density at radius 2 is 1.54 bits per heavy atom. The SMILES string of the molecule is Cc1ccc(S(=O)(=O)N[C@H](CN[C@H]2CC[C@@H](Nc3cc(N(C)C)c4ccccc4n3)CC2)Cc2ccccc2)cc1. The fourth-order valence-electron chi connectivity index (χ4n) is 5.62. The second-order valence-electron chi connectivity index (χ2n) is 11.4. The number of rotatable bonds is 11. The molecular weight excluding hydrogens is 530 g/mol. The second-order valence-corrected chi connectivity index (χ2v) is 13.1. The molecule has 3 aromatic carbocycles. The van der Waals surface area contributed by atoms with E-state index in [-0.39, 0.29) is 6.04 Å². The zero-order valence-electron chi connectivity index (χ0n) is 24.2. The first-order valence-electron chi connectivity index (χ1n) is 14.5. The molecule has 1 fully saturated rings. The lowest BCUT2D eigenvalue weighted by Gasteiger charge is -2.31. The topological polar surface area (TPSA) is 86.4 Å². The van der Waals surface area contributed by atoms with Crippen LogP contribution < -0.4 is 20.3 Å². The minimum Gasteiger partial charge on any atom is -0.377 e. The predicted molar refractivity (Wildman–Crippen MR) is 169 cm³/mol.